The Morgan fingerprint density at radius 1 is 1.23 bits per heavy atom. The maximum absolute atomic E-state index is 13.0. The van der Waals surface area contributed by atoms with Crippen LogP contribution >= 0.6 is 23.4 Å². The topological polar surface area (TPSA) is 73.2 Å². The summed E-state index contributed by atoms with van der Waals surface area (Å²) in [5.74, 6) is 1.30. The van der Waals surface area contributed by atoms with Crippen molar-refractivity contribution in [1.29, 1.82) is 0 Å². The van der Waals surface area contributed by atoms with E-state index < -0.39 is 0 Å². The van der Waals surface area contributed by atoms with Crippen LogP contribution in [0.4, 0.5) is 5.82 Å². The van der Waals surface area contributed by atoms with Crippen LogP contribution < -0.4 is 15.6 Å². The lowest BCUT2D eigenvalue weighted by Crippen LogP contribution is -2.33. The van der Waals surface area contributed by atoms with Gasteiger partial charge in [-0.05, 0) is 35.4 Å². The largest absolute Gasteiger partial charge is 0.497 e. The summed E-state index contributed by atoms with van der Waals surface area (Å²) in [6, 6.07) is 15.0. The second kappa shape index (κ2) is 8.53. The Balaban J connectivity index is 1.70. The van der Waals surface area contributed by atoms with Crippen LogP contribution in [-0.4, -0.2) is 22.6 Å². The molecular formula is C22H20ClN3O3S. The number of hydrogen-bond donors (Lipinski definition) is 1. The number of thioether (sulfide) groups is 1. The van der Waals surface area contributed by atoms with Gasteiger partial charge in [-0.25, -0.2) is 0 Å². The van der Waals surface area contributed by atoms with Gasteiger partial charge in [-0.15, -0.1) is 0 Å². The van der Waals surface area contributed by atoms with Crippen molar-refractivity contribution in [3.05, 3.63) is 80.6 Å². The smallest absolute Gasteiger partial charge is 0.279 e. The summed E-state index contributed by atoms with van der Waals surface area (Å²) in [4.78, 5) is 29.8. The molecule has 4 rings (SSSR count). The third-order valence-electron chi connectivity index (χ3n) is 5.08. The van der Waals surface area contributed by atoms with Crippen LogP contribution in [0.5, 0.6) is 5.75 Å². The van der Waals surface area contributed by atoms with Crippen molar-refractivity contribution in [3.63, 3.8) is 0 Å². The predicted octanol–water partition coefficient (Wildman–Crippen LogP) is 4.21. The Morgan fingerprint density at radius 2 is 2.00 bits per heavy atom. The lowest BCUT2D eigenvalue weighted by atomic mass is 9.86. The first-order valence-corrected chi connectivity index (χ1v) is 10.7. The lowest BCUT2D eigenvalue weighted by Gasteiger charge is -2.27. The first kappa shape index (κ1) is 20.5. The number of methoxy groups -OCH3 is 1. The van der Waals surface area contributed by atoms with Crippen LogP contribution in [0.2, 0.25) is 5.02 Å². The van der Waals surface area contributed by atoms with E-state index in [1.165, 1.54) is 11.8 Å². The van der Waals surface area contributed by atoms with Crippen LogP contribution in [-0.2, 0) is 17.6 Å². The third kappa shape index (κ3) is 4.08. The maximum Gasteiger partial charge on any atom is 0.279 e. The molecule has 1 aromatic heterocycles. The van der Waals surface area contributed by atoms with Gasteiger partial charge in [0.05, 0.1) is 12.7 Å². The molecule has 1 N–H and O–H groups in total. The van der Waals surface area contributed by atoms with Gasteiger partial charge in [0.1, 0.15) is 11.6 Å². The quantitative estimate of drug-likeness (QED) is 0.474. The number of carbonyl (C=O) groups is 1. The SMILES string of the molecule is COc1cccc(C2CC(=O)Nc3c2c(=O)nc(SCc2ccc(Cl)cc2)n3C)c1. The highest BCUT2D eigenvalue weighted by atomic mass is 35.5. The first-order chi connectivity index (χ1) is 14.5. The van der Waals surface area contributed by atoms with Gasteiger partial charge in [0.15, 0.2) is 5.16 Å². The van der Waals surface area contributed by atoms with Crippen molar-refractivity contribution in [2.24, 2.45) is 7.05 Å². The van der Waals surface area contributed by atoms with Gasteiger partial charge in [-0.3, -0.25) is 9.59 Å². The average Bonchev–Trinajstić information content (AvgIpc) is 2.75. The molecule has 1 aliphatic rings. The second-order valence-electron chi connectivity index (χ2n) is 7.02. The monoisotopic (exact) mass is 441 g/mol. The summed E-state index contributed by atoms with van der Waals surface area (Å²) in [7, 11) is 3.40. The normalized spacial score (nSPS) is 15.4. The van der Waals surface area contributed by atoms with E-state index in [0.717, 1.165) is 11.1 Å². The number of aromatic nitrogens is 2. The second-order valence-corrected chi connectivity index (χ2v) is 8.40. The Morgan fingerprint density at radius 3 is 2.73 bits per heavy atom. The molecule has 1 amide bonds. The highest BCUT2D eigenvalue weighted by Gasteiger charge is 2.32. The number of nitrogens with zero attached hydrogens (tertiary/aromatic N) is 2. The number of anilines is 1. The standard InChI is InChI=1S/C22H20ClN3O3S/c1-26-20-19(17(11-18(27)24-20)14-4-3-5-16(10-14)29-2)21(28)25-22(26)30-12-13-6-8-15(23)9-7-13/h3-10,17H,11-12H2,1-2H3,(H,24,27). The van der Waals surface area contributed by atoms with E-state index >= 15 is 0 Å². The average molecular weight is 442 g/mol. The minimum Gasteiger partial charge on any atom is -0.497 e. The fourth-order valence-corrected chi connectivity index (χ4v) is 4.58. The predicted molar refractivity (Wildman–Crippen MR) is 119 cm³/mol. The maximum atomic E-state index is 13.0. The number of amides is 1. The number of fused-ring (bicyclic) bond motifs is 1. The van der Waals surface area contributed by atoms with E-state index in [1.807, 2.05) is 55.6 Å². The van der Waals surface area contributed by atoms with E-state index in [0.29, 0.717) is 33.1 Å². The zero-order valence-corrected chi connectivity index (χ0v) is 18.1. The molecule has 2 aromatic carbocycles. The molecule has 30 heavy (non-hydrogen) atoms. The Hall–Kier alpha value is -2.77. The van der Waals surface area contributed by atoms with E-state index in [4.69, 9.17) is 16.3 Å². The number of nitrogens with one attached hydrogen (secondary N) is 1. The number of halogens is 1. The van der Waals surface area contributed by atoms with E-state index in [2.05, 4.69) is 10.3 Å². The number of ether oxygens (including phenoxy) is 1. The minimum absolute atomic E-state index is 0.134. The van der Waals surface area contributed by atoms with Gasteiger partial charge in [0.2, 0.25) is 5.91 Å². The molecule has 0 radical (unpaired) electrons. The molecule has 0 saturated heterocycles. The molecule has 1 atom stereocenters. The molecule has 0 fully saturated rings. The molecule has 6 nitrogen and oxygen atoms in total. The van der Waals surface area contributed by atoms with Crippen molar-refractivity contribution >= 4 is 35.1 Å². The van der Waals surface area contributed by atoms with E-state index in [1.54, 1.807) is 11.7 Å². The molecular weight excluding hydrogens is 422 g/mol. The fraction of sp³-hybridized carbons (Fsp3) is 0.227. The number of rotatable bonds is 5. The number of hydrogen-bond acceptors (Lipinski definition) is 5. The van der Waals surface area contributed by atoms with E-state index in [9.17, 15) is 9.59 Å². The molecule has 1 unspecified atom stereocenters. The molecule has 0 aliphatic carbocycles. The van der Waals surface area contributed by atoms with Gasteiger partial charge < -0.3 is 14.6 Å². The minimum atomic E-state index is -0.370. The summed E-state index contributed by atoms with van der Waals surface area (Å²) in [6.45, 7) is 0. The molecule has 8 heteroatoms. The Labute approximate surface area is 183 Å². The molecule has 0 spiro atoms. The van der Waals surface area contributed by atoms with Gasteiger partial charge in [0.25, 0.3) is 5.56 Å². The molecule has 0 bridgehead atoms. The van der Waals surface area contributed by atoms with Crippen LogP contribution in [0.1, 0.15) is 29.0 Å². The molecule has 2 heterocycles. The summed E-state index contributed by atoms with van der Waals surface area (Å²) in [6.07, 6.45) is 0.189. The number of carbonyl (C=O) groups excluding carboxylic acids is 1. The van der Waals surface area contributed by atoms with E-state index in [-0.39, 0.29) is 23.8 Å². The van der Waals surface area contributed by atoms with Crippen molar-refractivity contribution in [2.45, 2.75) is 23.2 Å². The zero-order chi connectivity index (χ0) is 21.3. The first-order valence-electron chi connectivity index (χ1n) is 9.38. The summed E-state index contributed by atoms with van der Waals surface area (Å²) >= 11 is 7.37. The molecule has 1 aliphatic heterocycles. The fourth-order valence-electron chi connectivity index (χ4n) is 3.54. The van der Waals surface area contributed by atoms with Gasteiger partial charge in [-0.2, -0.15) is 4.98 Å². The van der Waals surface area contributed by atoms with Gasteiger partial charge in [-0.1, -0.05) is 47.6 Å². The zero-order valence-electron chi connectivity index (χ0n) is 16.5. The van der Waals surface area contributed by atoms with Gasteiger partial charge in [0, 0.05) is 30.2 Å². The highest BCUT2D eigenvalue weighted by molar-refractivity contribution is 7.98. The van der Waals surface area contributed by atoms with Gasteiger partial charge >= 0.3 is 0 Å². The van der Waals surface area contributed by atoms with Crippen molar-refractivity contribution < 1.29 is 9.53 Å². The van der Waals surface area contributed by atoms with Crippen LogP contribution in [0, 0.1) is 0 Å². The summed E-state index contributed by atoms with van der Waals surface area (Å²) < 4.78 is 7.08. The van der Waals surface area contributed by atoms with Crippen LogP contribution in [0.15, 0.2) is 58.5 Å². The van der Waals surface area contributed by atoms with Crippen molar-refractivity contribution in [2.75, 3.05) is 12.4 Å². The molecule has 154 valence electrons. The summed E-state index contributed by atoms with van der Waals surface area (Å²) in [5, 5.41) is 4.08. The Bertz CT molecular complexity index is 1160. The van der Waals surface area contributed by atoms with Crippen LogP contribution in [0.25, 0.3) is 0 Å². The molecule has 0 saturated carbocycles. The highest BCUT2D eigenvalue weighted by Crippen LogP contribution is 2.37. The third-order valence-corrected chi connectivity index (χ3v) is 6.43. The summed E-state index contributed by atoms with van der Waals surface area (Å²) in [5.41, 5.74) is 2.09. The number of benzene rings is 2. The van der Waals surface area contributed by atoms with Crippen molar-refractivity contribution in [1.82, 2.24) is 9.55 Å². The Kier molecular flexibility index (Phi) is 5.83. The lowest BCUT2D eigenvalue weighted by molar-refractivity contribution is -0.116. The van der Waals surface area contributed by atoms with Crippen molar-refractivity contribution in [3.8, 4) is 5.75 Å². The molecule has 3 aromatic rings. The van der Waals surface area contributed by atoms with Crippen LogP contribution in [0.3, 0.4) is 0 Å².